The van der Waals surface area contributed by atoms with Crippen LogP contribution in [-0.4, -0.2) is 76.1 Å². The highest BCUT2D eigenvalue weighted by molar-refractivity contribution is 6.15. The third-order valence-electron chi connectivity index (χ3n) is 6.20. The van der Waals surface area contributed by atoms with Crippen molar-refractivity contribution >= 4 is 35.4 Å². The van der Waals surface area contributed by atoms with E-state index >= 15 is 0 Å². The van der Waals surface area contributed by atoms with E-state index < -0.39 is 5.91 Å². The minimum atomic E-state index is -0.396. The molecule has 11 heteroatoms. The maximum atomic E-state index is 13.5. The van der Waals surface area contributed by atoms with Crippen molar-refractivity contribution < 1.29 is 14.0 Å². The van der Waals surface area contributed by atoms with E-state index in [2.05, 4.69) is 32.6 Å². The highest BCUT2D eigenvalue weighted by atomic mass is 19.1. The number of carbonyl (C=O) groups excluding carboxylic acids is 2. The Hall–Kier alpha value is -3.86. The molecular formula is C24H27FN8O2. The van der Waals surface area contributed by atoms with Gasteiger partial charge in [-0.3, -0.25) is 14.9 Å². The van der Waals surface area contributed by atoms with E-state index in [1.165, 1.54) is 12.1 Å². The Morgan fingerprint density at radius 1 is 1.17 bits per heavy atom. The number of benzene rings is 1. The average molecular weight is 479 g/mol. The van der Waals surface area contributed by atoms with E-state index in [1.807, 2.05) is 6.07 Å². The molecule has 1 aromatic carbocycles. The van der Waals surface area contributed by atoms with E-state index in [1.54, 1.807) is 22.9 Å². The maximum absolute atomic E-state index is 13.5. The molecule has 2 N–H and O–H groups in total. The van der Waals surface area contributed by atoms with E-state index in [9.17, 15) is 14.0 Å². The number of hydrogen-bond donors (Lipinski definition) is 2. The lowest BCUT2D eigenvalue weighted by Gasteiger charge is -2.21. The quantitative estimate of drug-likeness (QED) is 0.405. The molecule has 0 saturated carbocycles. The van der Waals surface area contributed by atoms with Crippen LogP contribution in [0.3, 0.4) is 0 Å². The lowest BCUT2D eigenvalue weighted by atomic mass is 10.1. The van der Waals surface area contributed by atoms with Gasteiger partial charge >= 0.3 is 0 Å². The van der Waals surface area contributed by atoms with E-state index in [0.29, 0.717) is 41.6 Å². The molecule has 35 heavy (non-hydrogen) atoms. The van der Waals surface area contributed by atoms with Crippen molar-refractivity contribution in [2.45, 2.75) is 19.3 Å². The van der Waals surface area contributed by atoms with Gasteiger partial charge in [0.15, 0.2) is 5.65 Å². The van der Waals surface area contributed by atoms with E-state index in [4.69, 9.17) is 9.97 Å². The molecule has 2 aromatic heterocycles. The second-order valence-corrected chi connectivity index (χ2v) is 8.86. The second kappa shape index (κ2) is 9.79. The summed E-state index contributed by atoms with van der Waals surface area (Å²) in [6.07, 6.45) is 4.90. The smallest absolute Gasteiger partial charge is 0.254 e. The summed E-state index contributed by atoms with van der Waals surface area (Å²) in [7, 11) is 2.10. The highest BCUT2D eigenvalue weighted by Crippen LogP contribution is 2.22. The number of nitrogens with one attached hydrogen (secondary N) is 2. The van der Waals surface area contributed by atoms with Gasteiger partial charge in [-0.05, 0) is 50.2 Å². The summed E-state index contributed by atoms with van der Waals surface area (Å²) in [6.45, 7) is 4.03. The summed E-state index contributed by atoms with van der Waals surface area (Å²) in [5, 5.41) is 10.1. The first-order valence-corrected chi connectivity index (χ1v) is 11.7. The molecule has 0 radical (unpaired) electrons. The number of carbonyl (C=O) groups is 2. The first kappa shape index (κ1) is 22.9. The van der Waals surface area contributed by atoms with Crippen molar-refractivity contribution in [3.8, 4) is 0 Å². The number of amides is 2. The highest BCUT2D eigenvalue weighted by Gasteiger charge is 2.25. The number of anilines is 2. The Morgan fingerprint density at radius 2 is 2.06 bits per heavy atom. The van der Waals surface area contributed by atoms with Gasteiger partial charge in [-0.1, -0.05) is 12.1 Å². The zero-order valence-corrected chi connectivity index (χ0v) is 19.5. The molecule has 0 atom stereocenters. The van der Waals surface area contributed by atoms with Gasteiger partial charge in [0, 0.05) is 37.3 Å². The summed E-state index contributed by atoms with van der Waals surface area (Å²) in [5.41, 5.74) is 2.43. The van der Waals surface area contributed by atoms with Crippen molar-refractivity contribution in [2.24, 2.45) is 0 Å². The molecule has 4 heterocycles. The standard InChI is InChI=1S/C24H27FN8O2/c1-31-8-3-9-32(11-10-31)24-29-21-18(13-17-14-20(34)28-22(17)35)15-27-33(21)23(30-24)26-7-6-16-4-2-5-19(25)12-16/h2,4-5,12-13,15H,3,6-11,14H2,1H3,(H,26,29,30)(H,28,34,35)/b17-13+. The van der Waals surface area contributed by atoms with Crippen LogP contribution in [0.25, 0.3) is 11.7 Å². The molecule has 182 valence electrons. The Balaban J connectivity index is 1.48. The third-order valence-corrected chi connectivity index (χ3v) is 6.20. The first-order chi connectivity index (χ1) is 17.0. The van der Waals surface area contributed by atoms with Crippen LogP contribution in [0.2, 0.25) is 0 Å². The van der Waals surface area contributed by atoms with Crippen LogP contribution in [0.5, 0.6) is 0 Å². The topological polar surface area (TPSA) is 108 Å². The summed E-state index contributed by atoms with van der Waals surface area (Å²) in [6, 6.07) is 6.52. The molecule has 2 amide bonds. The lowest BCUT2D eigenvalue weighted by Crippen LogP contribution is -2.30. The molecule has 0 unspecified atom stereocenters. The number of rotatable bonds is 6. The molecule has 2 saturated heterocycles. The molecular weight excluding hydrogens is 451 g/mol. The van der Waals surface area contributed by atoms with Gasteiger partial charge < -0.3 is 15.1 Å². The Morgan fingerprint density at radius 3 is 2.86 bits per heavy atom. The predicted molar refractivity (Wildman–Crippen MR) is 129 cm³/mol. The Labute approximate surface area is 201 Å². The molecule has 2 aliphatic heterocycles. The molecule has 0 bridgehead atoms. The van der Waals surface area contributed by atoms with Crippen LogP contribution >= 0.6 is 0 Å². The third kappa shape index (κ3) is 5.14. The Bertz CT molecular complexity index is 1300. The van der Waals surface area contributed by atoms with Gasteiger partial charge in [0.1, 0.15) is 5.82 Å². The molecule has 5 rings (SSSR count). The van der Waals surface area contributed by atoms with Crippen LogP contribution in [0.4, 0.5) is 16.3 Å². The molecule has 10 nitrogen and oxygen atoms in total. The average Bonchev–Trinajstić information content (AvgIpc) is 3.29. The second-order valence-electron chi connectivity index (χ2n) is 8.86. The van der Waals surface area contributed by atoms with Crippen LogP contribution in [-0.2, 0) is 16.0 Å². The minimum Gasteiger partial charge on any atom is -0.354 e. The molecule has 2 aliphatic rings. The molecule has 0 aliphatic carbocycles. The van der Waals surface area contributed by atoms with Crippen molar-refractivity contribution in [3.63, 3.8) is 0 Å². The van der Waals surface area contributed by atoms with E-state index in [-0.39, 0.29) is 18.1 Å². The zero-order chi connectivity index (χ0) is 24.4. The Kier molecular flexibility index (Phi) is 6.41. The minimum absolute atomic E-state index is 0.0331. The van der Waals surface area contributed by atoms with Gasteiger partial charge in [0.05, 0.1) is 12.6 Å². The number of fused-ring (bicyclic) bond motifs is 1. The van der Waals surface area contributed by atoms with E-state index in [0.717, 1.165) is 38.2 Å². The van der Waals surface area contributed by atoms with Crippen molar-refractivity contribution in [1.82, 2.24) is 29.8 Å². The largest absolute Gasteiger partial charge is 0.354 e. The molecule has 0 spiro atoms. The lowest BCUT2D eigenvalue weighted by molar-refractivity contribution is -0.124. The first-order valence-electron chi connectivity index (χ1n) is 11.7. The fourth-order valence-corrected chi connectivity index (χ4v) is 4.31. The monoisotopic (exact) mass is 478 g/mol. The fourth-order valence-electron chi connectivity index (χ4n) is 4.31. The number of aromatic nitrogens is 4. The van der Waals surface area contributed by atoms with Crippen LogP contribution < -0.4 is 15.5 Å². The summed E-state index contributed by atoms with van der Waals surface area (Å²) < 4.78 is 15.1. The van der Waals surface area contributed by atoms with Gasteiger partial charge in [0.2, 0.25) is 17.8 Å². The SMILES string of the molecule is CN1CCCN(c2nc(NCCc3cccc(F)c3)n3ncc(/C=C4\CC(=O)NC4=O)c3n2)CC1. The van der Waals surface area contributed by atoms with Crippen LogP contribution in [0.15, 0.2) is 36.0 Å². The predicted octanol–water partition coefficient (Wildman–Crippen LogP) is 1.49. The number of nitrogens with zero attached hydrogens (tertiary/aromatic N) is 6. The molecule has 3 aromatic rings. The number of imide groups is 1. The zero-order valence-electron chi connectivity index (χ0n) is 19.5. The van der Waals surface area contributed by atoms with Crippen LogP contribution in [0.1, 0.15) is 24.0 Å². The van der Waals surface area contributed by atoms with Crippen molar-refractivity contribution in [2.75, 3.05) is 50.0 Å². The fraction of sp³-hybridized carbons (Fsp3) is 0.375. The summed E-state index contributed by atoms with van der Waals surface area (Å²) in [5.74, 6) is 0.109. The maximum Gasteiger partial charge on any atom is 0.254 e. The normalized spacial score (nSPS) is 18.3. The summed E-state index contributed by atoms with van der Waals surface area (Å²) in [4.78, 5) is 37.7. The van der Waals surface area contributed by atoms with Gasteiger partial charge in [-0.15, -0.1) is 0 Å². The number of halogens is 1. The van der Waals surface area contributed by atoms with Crippen LogP contribution in [0, 0.1) is 5.82 Å². The number of hydrogen-bond acceptors (Lipinski definition) is 8. The van der Waals surface area contributed by atoms with Crippen molar-refractivity contribution in [1.29, 1.82) is 0 Å². The van der Waals surface area contributed by atoms with Gasteiger partial charge in [0.25, 0.3) is 5.91 Å². The van der Waals surface area contributed by atoms with Gasteiger partial charge in [-0.25, -0.2) is 4.39 Å². The molecule has 2 fully saturated rings. The van der Waals surface area contributed by atoms with Gasteiger partial charge in [-0.2, -0.15) is 19.6 Å². The summed E-state index contributed by atoms with van der Waals surface area (Å²) >= 11 is 0. The van der Waals surface area contributed by atoms with Crippen molar-refractivity contribution in [3.05, 3.63) is 53.0 Å². The number of likely N-dealkylation sites (N-methyl/N-ethyl adjacent to an activating group) is 1.